The van der Waals surface area contributed by atoms with Crippen LogP contribution in [0.4, 0.5) is 8.78 Å². The lowest BCUT2D eigenvalue weighted by molar-refractivity contribution is 0.0168. The number of pyridine rings is 1. The molecule has 0 spiro atoms. The van der Waals surface area contributed by atoms with Crippen LogP contribution in [0.15, 0.2) is 60.8 Å². The summed E-state index contributed by atoms with van der Waals surface area (Å²) >= 11 is 11.8. The highest BCUT2D eigenvalue weighted by molar-refractivity contribution is 6.34. The third-order valence-electron chi connectivity index (χ3n) is 3.96. The lowest BCUT2D eigenvalue weighted by Gasteiger charge is -2.18. The molecule has 0 aliphatic heterocycles. The van der Waals surface area contributed by atoms with E-state index in [2.05, 4.69) is 4.98 Å². The summed E-state index contributed by atoms with van der Waals surface area (Å²) in [7, 11) is 0. The van der Waals surface area contributed by atoms with E-state index >= 15 is 0 Å². The molecule has 0 unspecified atom stereocenters. The van der Waals surface area contributed by atoms with E-state index in [1.165, 1.54) is 6.07 Å². The molecular weight excluding hydrogens is 435 g/mol. The summed E-state index contributed by atoms with van der Waals surface area (Å²) < 4.78 is 39.1. The smallest absolute Gasteiger partial charge is 0.271 e. The van der Waals surface area contributed by atoms with Gasteiger partial charge in [-0.15, -0.1) is 0 Å². The quantitative estimate of drug-likeness (QED) is 0.337. The molecule has 9 heteroatoms. The summed E-state index contributed by atoms with van der Waals surface area (Å²) in [4.78, 5) is 3.98. The predicted octanol–water partition coefficient (Wildman–Crippen LogP) is 6.66. The molecule has 0 fully saturated rings. The topological polar surface area (TPSA) is 79.1 Å². The summed E-state index contributed by atoms with van der Waals surface area (Å²) in [5.41, 5.74) is -0.578. The van der Waals surface area contributed by atoms with Gasteiger partial charge in [0, 0.05) is 29.8 Å². The lowest BCUT2D eigenvalue weighted by atomic mass is 10.0. The van der Waals surface area contributed by atoms with E-state index in [4.69, 9.17) is 43.5 Å². The first-order valence-electron chi connectivity index (χ1n) is 8.57. The number of aromatic nitrogens is 1. The Labute approximate surface area is 181 Å². The zero-order chi connectivity index (χ0) is 21.9. The van der Waals surface area contributed by atoms with Crippen molar-refractivity contribution in [2.45, 2.75) is 12.8 Å². The van der Waals surface area contributed by atoms with Crippen molar-refractivity contribution >= 4 is 35.0 Å². The summed E-state index contributed by atoms with van der Waals surface area (Å²) in [5.74, 6) is -4.17. The zero-order valence-corrected chi connectivity index (χ0v) is 17.1. The molecule has 30 heavy (non-hydrogen) atoms. The number of nitrogens with zero attached hydrogens (tertiary/aromatic N) is 1. The van der Waals surface area contributed by atoms with E-state index in [1.807, 2.05) is 0 Å². The van der Waals surface area contributed by atoms with Crippen molar-refractivity contribution in [2.75, 3.05) is 0 Å². The van der Waals surface area contributed by atoms with E-state index in [-0.39, 0.29) is 22.0 Å². The first-order chi connectivity index (χ1) is 14.1. The highest BCUT2D eigenvalue weighted by atomic mass is 35.5. The maximum absolute atomic E-state index is 14.2. The summed E-state index contributed by atoms with van der Waals surface area (Å²) in [6.45, 7) is 0.685. The van der Waals surface area contributed by atoms with Gasteiger partial charge in [-0.3, -0.25) is 10.8 Å². The van der Waals surface area contributed by atoms with Crippen LogP contribution in [-0.2, 0) is 10.7 Å². The monoisotopic (exact) mass is 449 g/mol. The molecule has 0 saturated heterocycles. The van der Waals surface area contributed by atoms with Gasteiger partial charge in [0.2, 0.25) is 17.7 Å². The van der Waals surface area contributed by atoms with Gasteiger partial charge in [0.1, 0.15) is 5.75 Å². The van der Waals surface area contributed by atoms with Crippen LogP contribution in [0.5, 0.6) is 11.6 Å². The van der Waals surface area contributed by atoms with Gasteiger partial charge in [-0.2, -0.15) is 0 Å². The van der Waals surface area contributed by atoms with Gasteiger partial charge in [0.05, 0.1) is 16.1 Å². The van der Waals surface area contributed by atoms with Crippen LogP contribution in [0.25, 0.3) is 0 Å². The van der Waals surface area contributed by atoms with Crippen molar-refractivity contribution < 1.29 is 18.3 Å². The molecule has 5 nitrogen and oxygen atoms in total. The Morgan fingerprint density at radius 2 is 1.60 bits per heavy atom. The molecule has 154 valence electrons. The number of hydrogen-bond donors (Lipinski definition) is 2. The SMILES string of the molecule is CC(F)(F)c1cc(Oc2ccc(Cl)cc2)ncc1C(=N)OC(=N)c1ccccc1Cl. The van der Waals surface area contributed by atoms with Crippen molar-refractivity contribution in [3.63, 3.8) is 0 Å². The number of benzene rings is 2. The summed E-state index contributed by atoms with van der Waals surface area (Å²) in [6.07, 6.45) is 1.04. The van der Waals surface area contributed by atoms with Crippen LogP contribution in [0, 0.1) is 10.8 Å². The number of alkyl halides is 2. The van der Waals surface area contributed by atoms with Crippen molar-refractivity contribution in [3.8, 4) is 11.6 Å². The first-order valence-corrected chi connectivity index (χ1v) is 9.32. The lowest BCUT2D eigenvalue weighted by Crippen LogP contribution is -2.19. The predicted molar refractivity (Wildman–Crippen MR) is 112 cm³/mol. The molecule has 2 aromatic carbocycles. The normalized spacial score (nSPS) is 11.1. The summed E-state index contributed by atoms with van der Waals surface area (Å²) in [5, 5.41) is 16.8. The van der Waals surface area contributed by atoms with Gasteiger partial charge in [-0.05, 0) is 36.4 Å². The van der Waals surface area contributed by atoms with E-state index in [0.29, 0.717) is 17.7 Å². The fourth-order valence-corrected chi connectivity index (χ4v) is 2.86. The molecule has 0 radical (unpaired) electrons. The zero-order valence-electron chi connectivity index (χ0n) is 15.5. The van der Waals surface area contributed by atoms with E-state index < -0.39 is 23.3 Å². The average Bonchev–Trinajstić information content (AvgIpc) is 2.69. The Morgan fingerprint density at radius 1 is 0.967 bits per heavy atom. The molecule has 3 rings (SSSR count). The number of hydrogen-bond acceptors (Lipinski definition) is 5. The third-order valence-corrected chi connectivity index (χ3v) is 4.54. The Balaban J connectivity index is 1.88. The minimum Gasteiger partial charge on any atom is -0.439 e. The van der Waals surface area contributed by atoms with Crippen LogP contribution in [-0.4, -0.2) is 16.8 Å². The van der Waals surface area contributed by atoms with Gasteiger partial charge in [-0.1, -0.05) is 35.3 Å². The Hall–Kier alpha value is -3.03. The van der Waals surface area contributed by atoms with Crippen molar-refractivity contribution in [1.29, 1.82) is 10.8 Å². The highest BCUT2D eigenvalue weighted by Gasteiger charge is 2.31. The molecule has 0 amide bonds. The molecule has 0 aliphatic carbocycles. The number of halogens is 4. The van der Waals surface area contributed by atoms with Crippen LogP contribution < -0.4 is 4.74 Å². The van der Waals surface area contributed by atoms with Gasteiger partial charge in [-0.25, -0.2) is 13.8 Å². The first kappa shape index (κ1) is 21.7. The molecule has 0 saturated carbocycles. The second-order valence-electron chi connectivity index (χ2n) is 6.25. The Morgan fingerprint density at radius 3 is 2.23 bits per heavy atom. The average molecular weight is 450 g/mol. The molecule has 3 aromatic rings. The largest absolute Gasteiger partial charge is 0.439 e. The second-order valence-corrected chi connectivity index (χ2v) is 7.10. The van der Waals surface area contributed by atoms with Crippen molar-refractivity contribution in [2.24, 2.45) is 0 Å². The maximum Gasteiger partial charge on any atom is 0.271 e. The Kier molecular flexibility index (Phi) is 6.34. The van der Waals surface area contributed by atoms with E-state index in [0.717, 1.165) is 12.3 Å². The van der Waals surface area contributed by atoms with Gasteiger partial charge in [0.15, 0.2) is 0 Å². The number of nitrogens with one attached hydrogen (secondary N) is 2. The van der Waals surface area contributed by atoms with E-state index in [9.17, 15) is 8.78 Å². The van der Waals surface area contributed by atoms with Crippen molar-refractivity contribution in [1.82, 2.24) is 4.98 Å². The van der Waals surface area contributed by atoms with Gasteiger partial charge in [0.25, 0.3) is 5.92 Å². The maximum atomic E-state index is 14.2. The minimum absolute atomic E-state index is 0.0911. The van der Waals surface area contributed by atoms with Gasteiger partial charge >= 0.3 is 0 Å². The fourth-order valence-electron chi connectivity index (χ4n) is 2.52. The molecule has 0 aliphatic rings. The van der Waals surface area contributed by atoms with Crippen LogP contribution in [0.3, 0.4) is 0 Å². The molecule has 0 bridgehead atoms. The molecule has 1 aromatic heterocycles. The summed E-state index contributed by atoms with van der Waals surface area (Å²) in [6, 6.07) is 13.7. The number of ether oxygens (including phenoxy) is 2. The highest BCUT2D eigenvalue weighted by Crippen LogP contribution is 2.33. The van der Waals surface area contributed by atoms with Crippen LogP contribution in [0.2, 0.25) is 10.0 Å². The van der Waals surface area contributed by atoms with Crippen LogP contribution >= 0.6 is 23.2 Å². The van der Waals surface area contributed by atoms with E-state index in [1.54, 1.807) is 42.5 Å². The molecular formula is C21H15Cl2F2N3O2. The molecule has 0 atom stereocenters. The molecule has 2 N–H and O–H groups in total. The molecule has 1 heterocycles. The van der Waals surface area contributed by atoms with Crippen molar-refractivity contribution in [3.05, 3.63) is 87.5 Å². The minimum atomic E-state index is -3.32. The standard InChI is InChI=1S/C21H15Cl2F2N3O2/c1-21(24,25)16-10-18(29-13-8-6-12(22)7-9-13)28-11-15(16)20(27)30-19(26)14-4-2-3-5-17(14)23/h2-11,26-27H,1H3. The Bertz CT molecular complexity index is 1100. The third kappa shape index (κ3) is 5.11. The van der Waals surface area contributed by atoms with Crippen LogP contribution in [0.1, 0.15) is 23.6 Å². The van der Waals surface area contributed by atoms with Gasteiger partial charge < -0.3 is 9.47 Å². The number of rotatable bonds is 5. The fraction of sp³-hybridized carbons (Fsp3) is 0.0952. The second kappa shape index (κ2) is 8.77.